The number of amides is 1. The number of thioether (sulfide) groups is 1. The summed E-state index contributed by atoms with van der Waals surface area (Å²) >= 11 is 7.71. The van der Waals surface area contributed by atoms with E-state index in [9.17, 15) is 9.59 Å². The Kier molecular flexibility index (Phi) is 9.03. The third-order valence-corrected chi connectivity index (χ3v) is 6.16. The van der Waals surface area contributed by atoms with Crippen molar-refractivity contribution in [2.24, 2.45) is 0 Å². The molecule has 0 saturated heterocycles. The molecule has 0 aliphatic carbocycles. The van der Waals surface area contributed by atoms with E-state index >= 15 is 0 Å². The zero-order chi connectivity index (χ0) is 21.0. The van der Waals surface area contributed by atoms with E-state index in [1.165, 1.54) is 18.7 Å². The van der Waals surface area contributed by atoms with Gasteiger partial charge in [-0.25, -0.2) is 0 Å². The number of nitrogens with zero attached hydrogens (tertiary/aromatic N) is 1. The molecule has 1 N–H and O–H groups in total. The lowest BCUT2D eigenvalue weighted by Crippen LogP contribution is -2.45. The summed E-state index contributed by atoms with van der Waals surface area (Å²) in [5.41, 5.74) is 1.62. The fourth-order valence-electron chi connectivity index (χ4n) is 3.19. The van der Waals surface area contributed by atoms with Gasteiger partial charge in [-0.05, 0) is 42.9 Å². The van der Waals surface area contributed by atoms with Gasteiger partial charge in [-0.15, -0.1) is 28.7 Å². The number of halogens is 2. The molecule has 2 aromatic rings. The Bertz CT molecular complexity index is 897. The summed E-state index contributed by atoms with van der Waals surface area (Å²) in [6.45, 7) is 2.35. The minimum absolute atomic E-state index is 0. The largest absolute Gasteiger partial charge is 0.497 e. The van der Waals surface area contributed by atoms with E-state index in [0.29, 0.717) is 23.9 Å². The molecule has 2 atom stereocenters. The molecule has 2 aromatic carbocycles. The Labute approximate surface area is 196 Å². The SMILES string of the molecule is Br.CNCCN1C(=O)[C@H](OC(C)=O)[C@H](c2ccc(OC)cc2)Sc2cc(Cl)ccc21. The highest BCUT2D eigenvalue weighted by Crippen LogP contribution is 2.47. The monoisotopic (exact) mass is 514 g/mol. The highest BCUT2D eigenvalue weighted by molar-refractivity contribution is 8.93. The van der Waals surface area contributed by atoms with Crippen molar-refractivity contribution in [3.8, 4) is 5.75 Å². The van der Waals surface area contributed by atoms with Crippen LogP contribution in [0.3, 0.4) is 0 Å². The molecule has 0 spiro atoms. The minimum atomic E-state index is -0.964. The van der Waals surface area contributed by atoms with Gasteiger partial charge in [0.2, 0.25) is 0 Å². The van der Waals surface area contributed by atoms with Gasteiger partial charge in [0.25, 0.3) is 5.91 Å². The molecule has 0 unspecified atom stereocenters. The first-order valence-electron chi connectivity index (χ1n) is 9.18. The number of anilines is 1. The standard InChI is InChI=1S/C21H23ClN2O4S.BrH/c1-13(25)28-19-20(14-4-7-16(27-3)8-5-14)29-18-12-15(22)6-9-17(18)24(21(19)26)11-10-23-2;/h4-9,12,19-20,23H,10-11H2,1-3H3;1H/t19-,20+;/m1./s1. The Morgan fingerprint density at radius 1 is 1.23 bits per heavy atom. The summed E-state index contributed by atoms with van der Waals surface area (Å²) in [4.78, 5) is 27.8. The van der Waals surface area contributed by atoms with Crippen LogP contribution in [0.25, 0.3) is 0 Å². The normalized spacial score (nSPS) is 18.1. The maximum atomic E-state index is 13.5. The highest BCUT2D eigenvalue weighted by Gasteiger charge is 2.40. The molecule has 1 aliphatic rings. The average molecular weight is 516 g/mol. The fraction of sp³-hybridized carbons (Fsp3) is 0.333. The van der Waals surface area contributed by atoms with E-state index in [0.717, 1.165) is 16.1 Å². The molecule has 6 nitrogen and oxygen atoms in total. The zero-order valence-corrected chi connectivity index (χ0v) is 20.2. The first-order chi connectivity index (χ1) is 13.9. The van der Waals surface area contributed by atoms with Gasteiger partial charge in [-0.3, -0.25) is 9.59 Å². The Morgan fingerprint density at radius 3 is 2.53 bits per heavy atom. The lowest BCUT2D eigenvalue weighted by molar-refractivity contribution is -0.152. The second kappa shape index (κ2) is 11.0. The molecule has 1 aliphatic heterocycles. The first kappa shape index (κ1) is 24.5. The van der Waals surface area contributed by atoms with Crippen LogP contribution in [0.2, 0.25) is 5.02 Å². The van der Waals surface area contributed by atoms with Crippen LogP contribution < -0.4 is 15.0 Å². The van der Waals surface area contributed by atoms with Gasteiger partial charge < -0.3 is 19.7 Å². The number of nitrogens with one attached hydrogen (secondary N) is 1. The van der Waals surface area contributed by atoms with Gasteiger partial charge in [0.1, 0.15) is 5.75 Å². The van der Waals surface area contributed by atoms with Crippen LogP contribution in [0.15, 0.2) is 47.4 Å². The lowest BCUT2D eigenvalue weighted by Gasteiger charge is -2.27. The van der Waals surface area contributed by atoms with Gasteiger partial charge in [-0.2, -0.15) is 0 Å². The molecule has 30 heavy (non-hydrogen) atoms. The van der Waals surface area contributed by atoms with Crippen molar-refractivity contribution < 1.29 is 19.1 Å². The Morgan fingerprint density at radius 2 is 1.93 bits per heavy atom. The molecule has 0 bridgehead atoms. The van der Waals surface area contributed by atoms with Crippen LogP contribution in [-0.2, 0) is 14.3 Å². The number of esters is 1. The summed E-state index contributed by atoms with van der Waals surface area (Å²) in [5.74, 6) is -0.0494. The molecular weight excluding hydrogens is 492 g/mol. The number of hydrogen-bond acceptors (Lipinski definition) is 6. The third-order valence-electron chi connectivity index (χ3n) is 4.57. The smallest absolute Gasteiger partial charge is 0.303 e. The van der Waals surface area contributed by atoms with E-state index in [1.54, 1.807) is 18.1 Å². The molecular formula is C21H24BrClN2O4S. The van der Waals surface area contributed by atoms with Crippen LogP contribution in [0.4, 0.5) is 5.69 Å². The number of likely N-dealkylation sites (N-methyl/N-ethyl adjacent to an activating group) is 1. The van der Waals surface area contributed by atoms with Gasteiger partial charge >= 0.3 is 5.97 Å². The van der Waals surface area contributed by atoms with Crippen molar-refractivity contribution in [3.05, 3.63) is 53.1 Å². The maximum absolute atomic E-state index is 13.5. The zero-order valence-electron chi connectivity index (χ0n) is 16.9. The predicted octanol–water partition coefficient (Wildman–Crippen LogP) is 4.26. The Balaban J connectivity index is 0.00000320. The summed E-state index contributed by atoms with van der Waals surface area (Å²) in [6, 6.07) is 12.9. The fourth-order valence-corrected chi connectivity index (χ4v) is 4.78. The molecule has 3 rings (SSSR count). The highest BCUT2D eigenvalue weighted by atomic mass is 79.9. The topological polar surface area (TPSA) is 67.9 Å². The second-order valence-electron chi connectivity index (χ2n) is 6.55. The summed E-state index contributed by atoms with van der Waals surface area (Å²) < 4.78 is 10.8. The number of carbonyl (C=O) groups excluding carboxylic acids is 2. The van der Waals surface area contributed by atoms with Gasteiger partial charge in [-0.1, -0.05) is 23.7 Å². The molecule has 1 heterocycles. The van der Waals surface area contributed by atoms with E-state index in [2.05, 4.69) is 5.32 Å². The third kappa shape index (κ3) is 5.49. The van der Waals surface area contributed by atoms with Crippen LogP contribution in [0.5, 0.6) is 5.75 Å². The van der Waals surface area contributed by atoms with Crippen molar-refractivity contribution in [3.63, 3.8) is 0 Å². The lowest BCUT2D eigenvalue weighted by atomic mass is 10.1. The van der Waals surface area contributed by atoms with E-state index in [1.807, 2.05) is 43.4 Å². The van der Waals surface area contributed by atoms with Crippen LogP contribution >= 0.6 is 40.3 Å². The second-order valence-corrected chi connectivity index (χ2v) is 8.17. The number of methoxy groups -OCH3 is 1. The summed E-state index contributed by atoms with van der Waals surface area (Å²) in [6.07, 6.45) is -0.964. The van der Waals surface area contributed by atoms with Crippen molar-refractivity contribution in [2.45, 2.75) is 23.2 Å². The first-order valence-corrected chi connectivity index (χ1v) is 10.4. The number of hydrogen-bond donors (Lipinski definition) is 1. The van der Waals surface area contributed by atoms with Crippen molar-refractivity contribution in [1.82, 2.24) is 5.32 Å². The number of ether oxygens (including phenoxy) is 2. The van der Waals surface area contributed by atoms with Gasteiger partial charge in [0.05, 0.1) is 18.0 Å². The van der Waals surface area contributed by atoms with Crippen LogP contribution in [0.1, 0.15) is 17.7 Å². The molecule has 1 amide bonds. The van der Waals surface area contributed by atoms with E-state index < -0.39 is 17.3 Å². The van der Waals surface area contributed by atoms with E-state index in [4.69, 9.17) is 21.1 Å². The summed E-state index contributed by atoms with van der Waals surface area (Å²) in [5, 5.41) is 3.22. The minimum Gasteiger partial charge on any atom is -0.497 e. The molecule has 162 valence electrons. The quantitative estimate of drug-likeness (QED) is 0.580. The van der Waals surface area contributed by atoms with Crippen molar-refractivity contribution in [1.29, 1.82) is 0 Å². The van der Waals surface area contributed by atoms with Crippen molar-refractivity contribution in [2.75, 3.05) is 32.1 Å². The maximum Gasteiger partial charge on any atom is 0.303 e. The van der Waals surface area contributed by atoms with E-state index in [-0.39, 0.29) is 22.9 Å². The van der Waals surface area contributed by atoms with Gasteiger partial charge in [0, 0.05) is 29.9 Å². The van der Waals surface area contributed by atoms with Crippen LogP contribution in [-0.4, -0.2) is 45.2 Å². The van der Waals surface area contributed by atoms with Gasteiger partial charge in [0.15, 0.2) is 6.10 Å². The number of rotatable bonds is 6. The molecule has 0 radical (unpaired) electrons. The molecule has 0 aromatic heterocycles. The van der Waals surface area contributed by atoms with Crippen LogP contribution in [0, 0.1) is 0 Å². The van der Waals surface area contributed by atoms with Crippen molar-refractivity contribution >= 4 is 57.9 Å². The molecule has 9 heteroatoms. The predicted molar refractivity (Wildman–Crippen MR) is 125 cm³/mol. The molecule has 0 saturated carbocycles. The Hall–Kier alpha value is -1.74. The number of carbonyl (C=O) groups is 2. The molecule has 0 fully saturated rings. The number of benzene rings is 2. The number of fused-ring (bicyclic) bond motifs is 1. The average Bonchev–Trinajstić information content (AvgIpc) is 2.81. The summed E-state index contributed by atoms with van der Waals surface area (Å²) in [7, 11) is 3.42.